The lowest BCUT2D eigenvalue weighted by atomic mass is 10.1. The molecule has 5 heteroatoms. The number of aryl methyl sites for hydroxylation is 1. The summed E-state index contributed by atoms with van der Waals surface area (Å²) in [6.07, 6.45) is 0. The minimum Gasteiger partial charge on any atom is -0.495 e. The molecule has 1 unspecified atom stereocenters. The van der Waals surface area contributed by atoms with E-state index in [-0.39, 0.29) is 11.7 Å². The van der Waals surface area contributed by atoms with Crippen LogP contribution in [0.1, 0.15) is 24.1 Å². The first-order valence-corrected chi connectivity index (χ1v) is 6.67. The molecule has 0 saturated heterocycles. The Balaban J connectivity index is 2.19. The van der Waals surface area contributed by atoms with Crippen LogP contribution >= 0.6 is 0 Å². The third-order valence-corrected chi connectivity index (χ3v) is 3.33. The second-order valence-corrected chi connectivity index (χ2v) is 4.92. The number of benzene rings is 2. The second kappa shape index (κ2) is 6.26. The Kier molecular flexibility index (Phi) is 4.42. The van der Waals surface area contributed by atoms with Gasteiger partial charge in [0.05, 0.1) is 17.7 Å². The van der Waals surface area contributed by atoms with E-state index >= 15 is 0 Å². The Bertz CT molecular complexity index is 638. The number of anilines is 1. The molecule has 0 amide bonds. The van der Waals surface area contributed by atoms with E-state index < -0.39 is 4.92 Å². The van der Waals surface area contributed by atoms with Gasteiger partial charge in [-0.15, -0.1) is 0 Å². The fraction of sp³-hybridized carbons (Fsp3) is 0.250. The van der Waals surface area contributed by atoms with Gasteiger partial charge >= 0.3 is 0 Å². The molecule has 2 aromatic rings. The van der Waals surface area contributed by atoms with Gasteiger partial charge in [0.1, 0.15) is 5.75 Å². The predicted octanol–water partition coefficient (Wildman–Crippen LogP) is 4.08. The highest BCUT2D eigenvalue weighted by atomic mass is 16.6. The number of nitro groups is 1. The van der Waals surface area contributed by atoms with Crippen molar-refractivity contribution < 1.29 is 9.66 Å². The van der Waals surface area contributed by atoms with Crippen molar-refractivity contribution in [2.75, 3.05) is 12.4 Å². The maximum atomic E-state index is 10.7. The van der Waals surface area contributed by atoms with Crippen LogP contribution < -0.4 is 10.1 Å². The first-order valence-electron chi connectivity index (χ1n) is 6.67. The van der Waals surface area contributed by atoms with Gasteiger partial charge in [0.2, 0.25) is 0 Å². The highest BCUT2D eigenvalue weighted by molar-refractivity contribution is 5.59. The Labute approximate surface area is 123 Å². The third kappa shape index (κ3) is 3.51. The van der Waals surface area contributed by atoms with Crippen LogP contribution in [-0.2, 0) is 0 Å². The van der Waals surface area contributed by atoms with Crippen LogP contribution in [0.25, 0.3) is 0 Å². The average molecular weight is 286 g/mol. The summed E-state index contributed by atoms with van der Waals surface area (Å²) in [6, 6.07) is 12.5. The molecule has 0 aliphatic carbocycles. The molecule has 0 aromatic heterocycles. The van der Waals surface area contributed by atoms with Crippen LogP contribution in [0.4, 0.5) is 11.4 Å². The highest BCUT2D eigenvalue weighted by Gasteiger charge is 2.11. The van der Waals surface area contributed by atoms with Gasteiger partial charge in [0.15, 0.2) is 0 Å². The van der Waals surface area contributed by atoms with E-state index in [0.29, 0.717) is 0 Å². The van der Waals surface area contributed by atoms with Crippen molar-refractivity contribution in [3.8, 4) is 5.75 Å². The molecule has 0 heterocycles. The second-order valence-electron chi connectivity index (χ2n) is 4.92. The molecule has 2 rings (SSSR count). The van der Waals surface area contributed by atoms with Crippen LogP contribution in [0.15, 0.2) is 42.5 Å². The molecule has 1 atom stereocenters. The van der Waals surface area contributed by atoms with E-state index in [1.807, 2.05) is 32.0 Å². The average Bonchev–Trinajstić information content (AvgIpc) is 2.47. The van der Waals surface area contributed by atoms with Crippen LogP contribution in [0, 0.1) is 17.0 Å². The molecule has 0 spiro atoms. The molecular weight excluding hydrogens is 268 g/mol. The largest absolute Gasteiger partial charge is 0.495 e. The SMILES string of the molecule is COc1ccc(C)cc1NC(C)c1ccc([N+](=O)[O-])cc1. The van der Waals surface area contributed by atoms with Crippen molar-refractivity contribution in [2.45, 2.75) is 19.9 Å². The maximum Gasteiger partial charge on any atom is 0.269 e. The number of rotatable bonds is 5. The summed E-state index contributed by atoms with van der Waals surface area (Å²) in [5, 5.41) is 14.0. The fourth-order valence-electron chi connectivity index (χ4n) is 2.14. The topological polar surface area (TPSA) is 64.4 Å². The van der Waals surface area contributed by atoms with Crippen LogP contribution in [0.2, 0.25) is 0 Å². The zero-order valence-corrected chi connectivity index (χ0v) is 12.3. The first-order chi connectivity index (χ1) is 10.0. The third-order valence-electron chi connectivity index (χ3n) is 3.33. The van der Waals surface area contributed by atoms with Crippen molar-refractivity contribution in [3.05, 3.63) is 63.7 Å². The number of methoxy groups -OCH3 is 1. The normalized spacial score (nSPS) is 11.8. The van der Waals surface area contributed by atoms with E-state index in [1.165, 1.54) is 12.1 Å². The van der Waals surface area contributed by atoms with Crippen LogP contribution in [-0.4, -0.2) is 12.0 Å². The predicted molar refractivity (Wildman–Crippen MR) is 82.9 cm³/mol. The van der Waals surface area contributed by atoms with E-state index in [2.05, 4.69) is 5.32 Å². The van der Waals surface area contributed by atoms with Crippen molar-refractivity contribution in [3.63, 3.8) is 0 Å². The van der Waals surface area contributed by atoms with Gasteiger partial charge < -0.3 is 10.1 Å². The number of hydrogen-bond donors (Lipinski definition) is 1. The number of nitrogens with zero attached hydrogens (tertiary/aromatic N) is 1. The zero-order chi connectivity index (χ0) is 15.4. The van der Waals surface area contributed by atoms with E-state index in [1.54, 1.807) is 19.2 Å². The lowest BCUT2D eigenvalue weighted by Gasteiger charge is -2.18. The van der Waals surface area contributed by atoms with Crippen molar-refractivity contribution in [1.29, 1.82) is 0 Å². The van der Waals surface area contributed by atoms with Gasteiger partial charge in [-0.05, 0) is 37.1 Å². The number of non-ortho nitro benzene ring substituents is 1. The fourth-order valence-corrected chi connectivity index (χ4v) is 2.14. The van der Waals surface area contributed by atoms with E-state index in [4.69, 9.17) is 4.74 Å². The van der Waals surface area contributed by atoms with Crippen LogP contribution in [0.3, 0.4) is 0 Å². The molecule has 0 saturated carbocycles. The first kappa shape index (κ1) is 14.8. The summed E-state index contributed by atoms with van der Waals surface area (Å²) in [5.74, 6) is 0.773. The minimum atomic E-state index is -0.397. The van der Waals surface area contributed by atoms with Gasteiger partial charge in [-0.3, -0.25) is 10.1 Å². The van der Waals surface area contributed by atoms with Gasteiger partial charge in [-0.2, -0.15) is 0 Å². The van der Waals surface area contributed by atoms with E-state index in [9.17, 15) is 10.1 Å². The molecule has 0 aliphatic rings. The number of ether oxygens (including phenoxy) is 1. The van der Waals surface area contributed by atoms with E-state index in [0.717, 1.165) is 22.6 Å². The van der Waals surface area contributed by atoms with Gasteiger partial charge in [-0.1, -0.05) is 18.2 Å². The molecule has 2 aromatic carbocycles. The van der Waals surface area contributed by atoms with Gasteiger partial charge in [-0.25, -0.2) is 0 Å². The summed E-state index contributed by atoms with van der Waals surface area (Å²) in [4.78, 5) is 10.3. The van der Waals surface area contributed by atoms with Crippen molar-refractivity contribution in [1.82, 2.24) is 0 Å². The molecule has 110 valence electrons. The molecular formula is C16H18N2O3. The smallest absolute Gasteiger partial charge is 0.269 e. The summed E-state index contributed by atoms with van der Waals surface area (Å²) >= 11 is 0. The minimum absolute atomic E-state index is 0.0153. The van der Waals surface area contributed by atoms with Crippen LogP contribution in [0.5, 0.6) is 5.75 Å². The number of hydrogen-bond acceptors (Lipinski definition) is 4. The molecule has 5 nitrogen and oxygen atoms in total. The molecule has 0 aliphatic heterocycles. The highest BCUT2D eigenvalue weighted by Crippen LogP contribution is 2.29. The van der Waals surface area contributed by atoms with Gasteiger partial charge in [0.25, 0.3) is 5.69 Å². The summed E-state index contributed by atoms with van der Waals surface area (Å²) in [7, 11) is 1.63. The quantitative estimate of drug-likeness (QED) is 0.664. The Morgan fingerprint density at radius 2 is 1.86 bits per heavy atom. The molecule has 0 fully saturated rings. The summed E-state index contributed by atoms with van der Waals surface area (Å²) < 4.78 is 5.34. The summed E-state index contributed by atoms with van der Waals surface area (Å²) in [5.41, 5.74) is 3.11. The monoisotopic (exact) mass is 286 g/mol. The van der Waals surface area contributed by atoms with Crippen molar-refractivity contribution in [2.24, 2.45) is 0 Å². The zero-order valence-electron chi connectivity index (χ0n) is 12.3. The Hall–Kier alpha value is -2.56. The molecule has 0 bridgehead atoms. The number of nitrogens with one attached hydrogen (secondary N) is 1. The lowest BCUT2D eigenvalue weighted by Crippen LogP contribution is -2.08. The van der Waals surface area contributed by atoms with Crippen molar-refractivity contribution >= 4 is 11.4 Å². The van der Waals surface area contributed by atoms with Gasteiger partial charge in [0, 0.05) is 18.2 Å². The Morgan fingerprint density at radius 3 is 2.43 bits per heavy atom. The number of nitro benzene ring substituents is 1. The molecule has 0 radical (unpaired) electrons. The molecule has 1 N–H and O–H groups in total. The maximum absolute atomic E-state index is 10.7. The lowest BCUT2D eigenvalue weighted by molar-refractivity contribution is -0.384. The standard InChI is InChI=1S/C16H18N2O3/c1-11-4-9-16(21-3)15(10-11)17-12(2)13-5-7-14(8-6-13)18(19)20/h4-10,12,17H,1-3H3. The Morgan fingerprint density at radius 1 is 1.19 bits per heavy atom. The summed E-state index contributed by atoms with van der Waals surface area (Å²) in [6.45, 7) is 4.02. The molecule has 21 heavy (non-hydrogen) atoms.